The maximum absolute atomic E-state index is 12.8. The Balaban J connectivity index is 1.47. The molecule has 1 aliphatic heterocycles. The van der Waals surface area contributed by atoms with Gasteiger partial charge in [0.05, 0.1) is 15.7 Å². The highest BCUT2D eigenvalue weighted by atomic mass is 35.5. The van der Waals surface area contributed by atoms with Gasteiger partial charge in [0.15, 0.2) is 21.4 Å². The standard InChI is InChI=1S/C21H15ClN2O5S2/c22-17-7-8-18(30-17)31(28,29)11-13(25)9-12-5-6-16(23-10-12)19-20(26)14-3-1-2-4-15(14)24-21(19)27/h1-8,10,19H,9,11H2,(H,24,27). The molecule has 1 amide bonds. The van der Waals surface area contributed by atoms with Crippen molar-refractivity contribution in [1.82, 2.24) is 4.98 Å². The first-order chi connectivity index (χ1) is 14.7. The van der Waals surface area contributed by atoms with E-state index in [2.05, 4.69) is 10.3 Å². The lowest BCUT2D eigenvalue weighted by atomic mass is 9.88. The number of fused-ring (bicyclic) bond motifs is 1. The molecule has 0 saturated carbocycles. The highest BCUT2D eigenvalue weighted by Gasteiger charge is 2.36. The number of Topliss-reactive ketones (excluding diaryl/α,β-unsaturated/α-hetero) is 2. The van der Waals surface area contributed by atoms with Crippen LogP contribution in [0, 0.1) is 0 Å². The molecule has 0 aliphatic carbocycles. The predicted octanol–water partition coefficient (Wildman–Crippen LogP) is 3.30. The second kappa shape index (κ2) is 8.33. The second-order valence-electron chi connectivity index (χ2n) is 6.96. The third kappa shape index (κ3) is 4.43. The molecule has 0 spiro atoms. The molecule has 4 rings (SSSR count). The third-order valence-electron chi connectivity index (χ3n) is 4.73. The molecule has 158 valence electrons. The summed E-state index contributed by atoms with van der Waals surface area (Å²) in [5.41, 5.74) is 1.61. The number of pyridine rings is 1. The Hall–Kier alpha value is -2.88. The summed E-state index contributed by atoms with van der Waals surface area (Å²) in [7, 11) is -3.76. The number of hydrogen-bond acceptors (Lipinski definition) is 7. The second-order valence-corrected chi connectivity index (χ2v) is 10.9. The minimum absolute atomic E-state index is 0.0430. The molecule has 0 bridgehead atoms. The van der Waals surface area contributed by atoms with Crippen molar-refractivity contribution >= 4 is 55.9 Å². The van der Waals surface area contributed by atoms with Crippen molar-refractivity contribution in [1.29, 1.82) is 0 Å². The van der Waals surface area contributed by atoms with Crippen LogP contribution in [0.2, 0.25) is 4.34 Å². The van der Waals surface area contributed by atoms with Gasteiger partial charge in [-0.2, -0.15) is 0 Å². The van der Waals surface area contributed by atoms with Crippen molar-refractivity contribution in [3.05, 3.63) is 75.9 Å². The number of para-hydroxylation sites is 1. The van der Waals surface area contributed by atoms with Crippen molar-refractivity contribution in [2.75, 3.05) is 11.1 Å². The summed E-state index contributed by atoms with van der Waals surface area (Å²) in [6.45, 7) is 0. The van der Waals surface area contributed by atoms with E-state index in [-0.39, 0.29) is 22.1 Å². The molecule has 31 heavy (non-hydrogen) atoms. The third-order valence-corrected chi connectivity index (χ3v) is 8.21. The van der Waals surface area contributed by atoms with E-state index >= 15 is 0 Å². The Morgan fingerprint density at radius 2 is 1.87 bits per heavy atom. The van der Waals surface area contributed by atoms with Gasteiger partial charge in [0.2, 0.25) is 5.91 Å². The minimum atomic E-state index is -3.76. The number of nitrogens with one attached hydrogen (secondary N) is 1. The number of carbonyl (C=O) groups is 3. The highest BCUT2D eigenvalue weighted by Crippen LogP contribution is 2.30. The summed E-state index contributed by atoms with van der Waals surface area (Å²) >= 11 is 6.67. The fraction of sp³-hybridized carbons (Fsp3) is 0.143. The van der Waals surface area contributed by atoms with E-state index in [0.717, 1.165) is 11.3 Å². The Bertz CT molecular complexity index is 1300. The zero-order valence-electron chi connectivity index (χ0n) is 15.9. The average Bonchev–Trinajstić information content (AvgIpc) is 3.16. The molecule has 0 radical (unpaired) electrons. The van der Waals surface area contributed by atoms with Crippen LogP contribution in [0.25, 0.3) is 0 Å². The van der Waals surface area contributed by atoms with Crippen molar-refractivity contribution < 1.29 is 22.8 Å². The van der Waals surface area contributed by atoms with Crippen LogP contribution in [0.3, 0.4) is 0 Å². The lowest BCUT2D eigenvalue weighted by molar-refractivity contribution is -0.117. The number of anilines is 1. The summed E-state index contributed by atoms with van der Waals surface area (Å²) in [6.07, 6.45) is 1.24. The minimum Gasteiger partial charge on any atom is -0.324 e. The fourth-order valence-electron chi connectivity index (χ4n) is 3.29. The van der Waals surface area contributed by atoms with Crippen LogP contribution < -0.4 is 5.32 Å². The van der Waals surface area contributed by atoms with Crippen LogP contribution in [0.5, 0.6) is 0 Å². The first-order valence-corrected chi connectivity index (χ1v) is 12.0. The van der Waals surface area contributed by atoms with Crippen LogP contribution >= 0.6 is 22.9 Å². The Morgan fingerprint density at radius 1 is 1.10 bits per heavy atom. The molecule has 10 heteroatoms. The molecule has 7 nitrogen and oxygen atoms in total. The van der Waals surface area contributed by atoms with E-state index in [4.69, 9.17) is 11.6 Å². The molecular formula is C21H15ClN2O5S2. The topological polar surface area (TPSA) is 110 Å². The number of thiophene rings is 1. The molecule has 0 saturated heterocycles. The van der Waals surface area contributed by atoms with Gasteiger partial charge in [0.25, 0.3) is 0 Å². The zero-order valence-corrected chi connectivity index (χ0v) is 18.3. The lowest BCUT2D eigenvalue weighted by Crippen LogP contribution is -2.34. The number of amides is 1. The fourth-order valence-corrected chi connectivity index (χ4v) is 6.10. The van der Waals surface area contributed by atoms with Crippen molar-refractivity contribution in [3.8, 4) is 0 Å². The van der Waals surface area contributed by atoms with E-state index in [0.29, 0.717) is 21.2 Å². The summed E-state index contributed by atoms with van der Waals surface area (Å²) in [4.78, 5) is 41.6. The van der Waals surface area contributed by atoms with Gasteiger partial charge in [-0.25, -0.2) is 8.42 Å². The number of nitrogens with zero attached hydrogens (tertiary/aromatic N) is 1. The molecule has 0 fully saturated rings. The Kier molecular flexibility index (Phi) is 5.74. The smallest absolute Gasteiger partial charge is 0.241 e. The quantitative estimate of drug-likeness (QED) is 0.549. The summed E-state index contributed by atoms with van der Waals surface area (Å²) < 4.78 is 25.0. The Morgan fingerprint density at radius 3 is 2.55 bits per heavy atom. The van der Waals surface area contributed by atoms with Gasteiger partial charge >= 0.3 is 0 Å². The number of benzene rings is 1. The molecule has 3 heterocycles. The molecular weight excluding hydrogens is 460 g/mol. The van der Waals surface area contributed by atoms with Crippen LogP contribution in [0.1, 0.15) is 27.5 Å². The SMILES string of the molecule is O=C(Cc1ccc(C2C(=O)Nc3ccccc3C2=O)nc1)CS(=O)(=O)c1ccc(Cl)s1. The number of aromatic nitrogens is 1. The van der Waals surface area contributed by atoms with Crippen molar-refractivity contribution in [2.45, 2.75) is 16.5 Å². The van der Waals surface area contributed by atoms with Gasteiger partial charge in [0.1, 0.15) is 15.9 Å². The van der Waals surface area contributed by atoms with E-state index in [1.165, 1.54) is 24.4 Å². The zero-order chi connectivity index (χ0) is 22.2. The van der Waals surface area contributed by atoms with Gasteiger partial charge in [-0.05, 0) is 35.9 Å². The van der Waals surface area contributed by atoms with E-state index in [1.807, 2.05) is 0 Å². The number of sulfone groups is 1. The van der Waals surface area contributed by atoms with Gasteiger partial charge in [-0.15, -0.1) is 11.3 Å². The van der Waals surface area contributed by atoms with Crippen molar-refractivity contribution in [2.24, 2.45) is 0 Å². The molecule has 2 aromatic heterocycles. The summed E-state index contributed by atoms with van der Waals surface area (Å²) in [6, 6.07) is 12.6. The predicted molar refractivity (Wildman–Crippen MR) is 116 cm³/mol. The molecule has 1 aromatic carbocycles. The van der Waals surface area contributed by atoms with Crippen LogP contribution in [-0.4, -0.2) is 36.6 Å². The van der Waals surface area contributed by atoms with Gasteiger partial charge in [0, 0.05) is 18.2 Å². The van der Waals surface area contributed by atoms with Gasteiger partial charge < -0.3 is 5.32 Å². The number of halogens is 1. The largest absolute Gasteiger partial charge is 0.324 e. The lowest BCUT2D eigenvalue weighted by Gasteiger charge is -2.23. The first-order valence-electron chi connectivity index (χ1n) is 9.13. The first kappa shape index (κ1) is 21.4. The molecule has 1 aliphatic rings. The number of hydrogen-bond donors (Lipinski definition) is 1. The van der Waals surface area contributed by atoms with E-state index in [9.17, 15) is 22.8 Å². The molecule has 1 atom stereocenters. The highest BCUT2D eigenvalue weighted by molar-refractivity contribution is 7.94. The van der Waals surface area contributed by atoms with Gasteiger partial charge in [-0.1, -0.05) is 29.8 Å². The normalized spacial score (nSPS) is 16.0. The molecule has 1 N–H and O–H groups in total. The number of rotatable bonds is 6. The van der Waals surface area contributed by atoms with Crippen LogP contribution in [-0.2, 0) is 25.8 Å². The van der Waals surface area contributed by atoms with Crippen LogP contribution in [0.15, 0.2) is 58.9 Å². The number of carbonyl (C=O) groups excluding carboxylic acids is 3. The average molecular weight is 475 g/mol. The Labute approximate surface area is 187 Å². The summed E-state index contributed by atoms with van der Waals surface area (Å²) in [5.74, 6) is -3.05. The molecule has 1 unspecified atom stereocenters. The van der Waals surface area contributed by atoms with Gasteiger partial charge in [-0.3, -0.25) is 19.4 Å². The van der Waals surface area contributed by atoms with E-state index < -0.39 is 33.2 Å². The summed E-state index contributed by atoms with van der Waals surface area (Å²) in [5, 5.41) is 2.70. The number of ketones is 2. The van der Waals surface area contributed by atoms with E-state index in [1.54, 1.807) is 30.3 Å². The maximum Gasteiger partial charge on any atom is 0.241 e. The maximum atomic E-state index is 12.8. The monoisotopic (exact) mass is 474 g/mol. The molecule has 3 aromatic rings. The van der Waals surface area contributed by atoms with Crippen LogP contribution in [0.4, 0.5) is 5.69 Å². The van der Waals surface area contributed by atoms with Crippen molar-refractivity contribution in [3.63, 3.8) is 0 Å².